The van der Waals surface area contributed by atoms with Gasteiger partial charge in [-0.1, -0.05) is 37.2 Å². The molecule has 0 bridgehead atoms. The average molecular weight is 418 g/mol. The lowest BCUT2D eigenvalue weighted by atomic mass is 9.82. The van der Waals surface area contributed by atoms with E-state index in [0.717, 1.165) is 18.6 Å². The average Bonchev–Trinajstić information content (AvgIpc) is 2.68. The van der Waals surface area contributed by atoms with Gasteiger partial charge in [-0.15, -0.1) is 0 Å². The molecule has 0 radical (unpaired) electrons. The van der Waals surface area contributed by atoms with Crippen LogP contribution in [0, 0.1) is 5.82 Å². The standard InChI is InChI=1S/C21H24FN3O3S/c1-4-6-11-29-21-24-18-17(19(26)25-21)16(13-7-9-14(22)10-8-13)15(12(3)23-18)20(27)28-5-2/h7-10,16H,4-6,11H2,1-3H3,(H2,23,24,25,26). The number of fused-ring (bicyclic) bond motifs is 1. The molecule has 1 atom stereocenters. The summed E-state index contributed by atoms with van der Waals surface area (Å²) in [4.78, 5) is 33.1. The highest BCUT2D eigenvalue weighted by atomic mass is 32.2. The summed E-state index contributed by atoms with van der Waals surface area (Å²) in [5.74, 6) is -0.346. The van der Waals surface area contributed by atoms with E-state index in [0.29, 0.717) is 33.4 Å². The Morgan fingerprint density at radius 1 is 1.28 bits per heavy atom. The van der Waals surface area contributed by atoms with E-state index in [1.807, 2.05) is 0 Å². The van der Waals surface area contributed by atoms with Crippen molar-refractivity contribution in [2.24, 2.45) is 0 Å². The highest BCUT2D eigenvalue weighted by molar-refractivity contribution is 7.99. The number of nitrogens with one attached hydrogen (secondary N) is 2. The number of benzene rings is 1. The van der Waals surface area contributed by atoms with E-state index < -0.39 is 17.7 Å². The van der Waals surface area contributed by atoms with E-state index in [2.05, 4.69) is 22.2 Å². The van der Waals surface area contributed by atoms with Crippen LogP contribution in [0.2, 0.25) is 0 Å². The molecule has 2 heterocycles. The van der Waals surface area contributed by atoms with Crippen molar-refractivity contribution >= 4 is 23.5 Å². The van der Waals surface area contributed by atoms with E-state index in [1.165, 1.54) is 23.9 Å². The molecule has 1 aliphatic heterocycles. The van der Waals surface area contributed by atoms with Gasteiger partial charge in [0.15, 0.2) is 5.16 Å². The lowest BCUT2D eigenvalue weighted by Gasteiger charge is -2.28. The Hall–Kier alpha value is -2.61. The van der Waals surface area contributed by atoms with Gasteiger partial charge in [-0.25, -0.2) is 14.2 Å². The largest absolute Gasteiger partial charge is 0.463 e. The minimum Gasteiger partial charge on any atom is -0.463 e. The third-order valence-corrected chi connectivity index (χ3v) is 5.62. The smallest absolute Gasteiger partial charge is 0.336 e. The fraction of sp³-hybridized carbons (Fsp3) is 0.381. The van der Waals surface area contributed by atoms with Crippen LogP contribution in [0.3, 0.4) is 0 Å². The first kappa shape index (κ1) is 21.1. The first-order valence-corrected chi connectivity index (χ1v) is 10.6. The zero-order valence-corrected chi connectivity index (χ0v) is 17.5. The van der Waals surface area contributed by atoms with Crippen LogP contribution in [-0.2, 0) is 9.53 Å². The summed E-state index contributed by atoms with van der Waals surface area (Å²) in [5, 5.41) is 3.62. The van der Waals surface area contributed by atoms with Gasteiger partial charge >= 0.3 is 5.97 Å². The van der Waals surface area contributed by atoms with Crippen LogP contribution in [0.5, 0.6) is 0 Å². The highest BCUT2D eigenvalue weighted by Crippen LogP contribution is 2.40. The Balaban J connectivity index is 2.12. The molecule has 0 amide bonds. The lowest BCUT2D eigenvalue weighted by Crippen LogP contribution is -2.31. The fourth-order valence-electron chi connectivity index (χ4n) is 3.28. The van der Waals surface area contributed by atoms with Gasteiger partial charge in [-0.05, 0) is 38.0 Å². The Kier molecular flexibility index (Phi) is 6.74. The SMILES string of the molecule is CCCCSc1nc2c(c(=O)[nH]1)C(c1ccc(F)cc1)C(C(=O)OCC)=C(C)N2. The number of esters is 1. The van der Waals surface area contributed by atoms with Crippen molar-refractivity contribution < 1.29 is 13.9 Å². The minimum absolute atomic E-state index is 0.209. The molecular formula is C21H24FN3O3S. The number of hydrogen-bond acceptors (Lipinski definition) is 6. The number of H-pyrrole nitrogens is 1. The Labute approximate surface area is 173 Å². The normalized spacial score (nSPS) is 15.7. The summed E-state index contributed by atoms with van der Waals surface area (Å²) < 4.78 is 18.7. The molecular weight excluding hydrogens is 393 g/mol. The van der Waals surface area contributed by atoms with Crippen LogP contribution >= 0.6 is 11.8 Å². The van der Waals surface area contributed by atoms with Gasteiger partial charge in [0.2, 0.25) is 0 Å². The van der Waals surface area contributed by atoms with Crippen molar-refractivity contribution in [1.82, 2.24) is 9.97 Å². The number of aromatic nitrogens is 2. The molecule has 6 nitrogen and oxygen atoms in total. The van der Waals surface area contributed by atoms with Gasteiger partial charge < -0.3 is 15.0 Å². The molecule has 1 unspecified atom stereocenters. The van der Waals surface area contributed by atoms with Gasteiger partial charge in [0.1, 0.15) is 11.6 Å². The number of ether oxygens (including phenoxy) is 1. The minimum atomic E-state index is -0.697. The van der Waals surface area contributed by atoms with E-state index in [9.17, 15) is 14.0 Å². The zero-order chi connectivity index (χ0) is 21.0. The van der Waals surface area contributed by atoms with Crippen LogP contribution in [0.25, 0.3) is 0 Å². The van der Waals surface area contributed by atoms with Gasteiger partial charge in [-0.3, -0.25) is 4.79 Å². The molecule has 0 fully saturated rings. The molecule has 29 heavy (non-hydrogen) atoms. The molecule has 3 rings (SSSR count). The maximum atomic E-state index is 13.5. The maximum Gasteiger partial charge on any atom is 0.336 e. The summed E-state index contributed by atoms with van der Waals surface area (Å²) in [6.07, 6.45) is 2.07. The molecule has 0 spiro atoms. The number of anilines is 1. The van der Waals surface area contributed by atoms with Gasteiger partial charge in [0.05, 0.1) is 23.7 Å². The van der Waals surface area contributed by atoms with E-state index in [-0.39, 0.29) is 12.2 Å². The number of halogens is 1. The predicted molar refractivity (Wildman–Crippen MR) is 112 cm³/mol. The molecule has 8 heteroatoms. The van der Waals surface area contributed by atoms with Crippen molar-refractivity contribution in [3.8, 4) is 0 Å². The quantitative estimate of drug-likeness (QED) is 0.304. The molecule has 1 aliphatic rings. The lowest BCUT2D eigenvalue weighted by molar-refractivity contribution is -0.138. The third-order valence-electron chi connectivity index (χ3n) is 4.66. The molecule has 0 saturated heterocycles. The molecule has 154 valence electrons. The molecule has 2 aromatic rings. The number of carbonyl (C=O) groups excluding carboxylic acids is 1. The van der Waals surface area contributed by atoms with Crippen LogP contribution in [-0.4, -0.2) is 28.3 Å². The Morgan fingerprint density at radius 3 is 2.66 bits per heavy atom. The van der Waals surface area contributed by atoms with E-state index >= 15 is 0 Å². The number of unbranched alkanes of at least 4 members (excludes halogenated alkanes) is 1. The Morgan fingerprint density at radius 2 is 2.00 bits per heavy atom. The molecule has 1 aromatic carbocycles. The number of aromatic amines is 1. The zero-order valence-electron chi connectivity index (χ0n) is 16.7. The molecule has 0 aliphatic carbocycles. The summed E-state index contributed by atoms with van der Waals surface area (Å²) in [7, 11) is 0. The number of nitrogens with zero attached hydrogens (tertiary/aromatic N) is 1. The van der Waals surface area contributed by atoms with Crippen LogP contribution in [0.4, 0.5) is 10.2 Å². The van der Waals surface area contributed by atoms with E-state index in [1.54, 1.807) is 26.0 Å². The maximum absolute atomic E-state index is 13.5. The number of hydrogen-bond donors (Lipinski definition) is 2. The summed E-state index contributed by atoms with van der Waals surface area (Å²) in [6.45, 7) is 5.78. The number of allylic oxidation sites excluding steroid dienone is 1. The van der Waals surface area contributed by atoms with Crippen molar-refractivity contribution in [3.63, 3.8) is 0 Å². The molecule has 2 N–H and O–H groups in total. The van der Waals surface area contributed by atoms with Crippen molar-refractivity contribution in [2.75, 3.05) is 17.7 Å². The summed E-state index contributed by atoms with van der Waals surface area (Å²) >= 11 is 1.48. The second-order valence-corrected chi connectivity index (χ2v) is 7.79. The first-order valence-electron chi connectivity index (χ1n) is 9.63. The topological polar surface area (TPSA) is 84.1 Å². The number of carbonyl (C=O) groups is 1. The second kappa shape index (κ2) is 9.26. The highest BCUT2D eigenvalue weighted by Gasteiger charge is 2.36. The van der Waals surface area contributed by atoms with Crippen LogP contribution in [0.1, 0.15) is 50.7 Å². The van der Waals surface area contributed by atoms with Crippen LogP contribution in [0.15, 0.2) is 45.5 Å². The van der Waals surface area contributed by atoms with Gasteiger partial charge in [0.25, 0.3) is 5.56 Å². The molecule has 1 aromatic heterocycles. The van der Waals surface area contributed by atoms with E-state index in [4.69, 9.17) is 4.74 Å². The summed E-state index contributed by atoms with van der Waals surface area (Å²) in [6, 6.07) is 5.77. The molecule has 0 saturated carbocycles. The monoisotopic (exact) mass is 417 g/mol. The van der Waals surface area contributed by atoms with Gasteiger partial charge in [0, 0.05) is 11.4 Å². The fourth-order valence-corrected chi connectivity index (χ4v) is 4.23. The summed E-state index contributed by atoms with van der Waals surface area (Å²) in [5.41, 5.74) is 1.50. The number of thioether (sulfide) groups is 1. The van der Waals surface area contributed by atoms with Crippen LogP contribution < -0.4 is 10.9 Å². The van der Waals surface area contributed by atoms with Crippen molar-refractivity contribution in [1.29, 1.82) is 0 Å². The van der Waals surface area contributed by atoms with Crippen molar-refractivity contribution in [3.05, 3.63) is 62.8 Å². The Bertz CT molecular complexity index is 986. The van der Waals surface area contributed by atoms with Gasteiger partial charge in [-0.2, -0.15) is 0 Å². The van der Waals surface area contributed by atoms with Crippen molar-refractivity contribution in [2.45, 2.75) is 44.7 Å². The second-order valence-electron chi connectivity index (χ2n) is 6.70. The predicted octanol–water partition coefficient (Wildman–Crippen LogP) is 4.20. The third kappa shape index (κ3) is 4.53. The first-order chi connectivity index (χ1) is 14.0. The number of rotatable bonds is 7.